The zero-order valence-electron chi connectivity index (χ0n) is 28.4. The summed E-state index contributed by atoms with van der Waals surface area (Å²) in [5.41, 5.74) is 3.20. The largest absolute Gasteiger partial charge is 0.503 e. The first kappa shape index (κ1) is 34.9. The van der Waals surface area contributed by atoms with Gasteiger partial charge in [0.25, 0.3) is 5.91 Å². The molecule has 4 aromatic carbocycles. The van der Waals surface area contributed by atoms with Gasteiger partial charge in [-0.25, -0.2) is 9.78 Å². The molecule has 2 heterocycles. The summed E-state index contributed by atoms with van der Waals surface area (Å²) in [7, 11) is 0. The minimum Gasteiger partial charge on any atom is -0.503 e. The van der Waals surface area contributed by atoms with Crippen LogP contribution in [0.1, 0.15) is 62.1 Å². The maximum absolute atomic E-state index is 14.4. The molecule has 0 bridgehead atoms. The van der Waals surface area contributed by atoms with E-state index in [1.165, 1.54) is 4.90 Å². The Bertz CT molecular complexity index is 2120. The van der Waals surface area contributed by atoms with E-state index in [-0.39, 0.29) is 6.54 Å². The Morgan fingerprint density at radius 1 is 0.941 bits per heavy atom. The van der Waals surface area contributed by atoms with Crippen molar-refractivity contribution in [1.29, 1.82) is 0 Å². The standard InChI is InChI=1S/C40H38N2O9/c1-24(2)49-40(47)32(21-37(43)44)38(45)39(46)42(22-26-15-16-27-9-4-5-10-28(27)19-26)25(3)31(29-17-18-30-23-48-51-35(30)20-29)11-8-14-36-41-33-12-6-7-13-34(33)50-36/h4-10,12-20,24-25,31,45H,11,21-23H2,1-3H3,(H,43,44)/b14-8+,38-32+/t25-,31+/m1/s1. The number of nitrogens with zero attached hydrogens (tertiary/aromatic N) is 2. The molecule has 0 unspecified atom stereocenters. The normalized spacial score (nSPS) is 14.3. The summed E-state index contributed by atoms with van der Waals surface area (Å²) in [6, 6.07) is 26.1. The molecule has 1 amide bonds. The average molecular weight is 691 g/mol. The molecule has 0 fully saturated rings. The summed E-state index contributed by atoms with van der Waals surface area (Å²) in [5.74, 6) is -3.80. The van der Waals surface area contributed by atoms with Crippen LogP contribution in [0.15, 0.2) is 107 Å². The molecule has 0 spiro atoms. The van der Waals surface area contributed by atoms with Gasteiger partial charge in [-0.15, -0.1) is 0 Å². The van der Waals surface area contributed by atoms with Crippen molar-refractivity contribution in [3.63, 3.8) is 0 Å². The molecule has 0 saturated heterocycles. The molecular formula is C40H38N2O9. The zero-order valence-corrected chi connectivity index (χ0v) is 28.4. The monoisotopic (exact) mass is 690 g/mol. The van der Waals surface area contributed by atoms with Gasteiger partial charge in [-0.1, -0.05) is 66.7 Å². The summed E-state index contributed by atoms with van der Waals surface area (Å²) >= 11 is 0. The van der Waals surface area contributed by atoms with E-state index in [4.69, 9.17) is 18.9 Å². The Hall–Kier alpha value is -5.94. The van der Waals surface area contributed by atoms with Crippen molar-refractivity contribution in [2.24, 2.45) is 0 Å². The van der Waals surface area contributed by atoms with Crippen LogP contribution in [0, 0.1) is 0 Å². The summed E-state index contributed by atoms with van der Waals surface area (Å²) in [5, 5.41) is 23.0. The fourth-order valence-corrected chi connectivity index (χ4v) is 6.15. The Kier molecular flexibility index (Phi) is 10.5. The number of carboxylic acids is 1. The lowest BCUT2D eigenvalue weighted by Crippen LogP contribution is -2.43. The van der Waals surface area contributed by atoms with Gasteiger partial charge >= 0.3 is 11.9 Å². The summed E-state index contributed by atoms with van der Waals surface area (Å²) in [6.45, 7) is 5.36. The summed E-state index contributed by atoms with van der Waals surface area (Å²) < 4.78 is 11.1. The highest BCUT2D eigenvalue weighted by Gasteiger charge is 2.34. The first-order valence-electron chi connectivity index (χ1n) is 16.6. The SMILES string of the molecule is CC(C)OC(=O)/C(CC(=O)O)=C(/O)C(=O)N(Cc1ccc2ccccc2c1)[C@H](C)[C@H](C/C=C/c1nc2ccccc2o1)c1ccc2c(c1)OOC2. The second kappa shape index (κ2) is 15.3. The third-order valence-corrected chi connectivity index (χ3v) is 8.75. The van der Waals surface area contributed by atoms with E-state index in [2.05, 4.69) is 4.98 Å². The van der Waals surface area contributed by atoms with Crippen LogP contribution in [0.25, 0.3) is 27.9 Å². The Balaban J connectivity index is 1.41. The second-order valence-electron chi connectivity index (χ2n) is 12.7. The molecule has 1 aliphatic rings. The first-order valence-corrected chi connectivity index (χ1v) is 16.6. The quantitative estimate of drug-likeness (QED) is 0.0546. The van der Waals surface area contributed by atoms with Crippen molar-refractivity contribution < 1.29 is 43.5 Å². The van der Waals surface area contributed by atoms with Crippen molar-refractivity contribution in [2.75, 3.05) is 0 Å². The number of fused-ring (bicyclic) bond motifs is 3. The number of aliphatic hydroxyl groups excluding tert-OH is 1. The van der Waals surface area contributed by atoms with E-state index in [0.717, 1.165) is 33.0 Å². The number of para-hydroxylation sites is 2. The molecule has 11 nitrogen and oxygen atoms in total. The van der Waals surface area contributed by atoms with Gasteiger partial charge in [0.05, 0.1) is 18.1 Å². The number of benzene rings is 4. The van der Waals surface area contributed by atoms with Crippen molar-refractivity contribution in [1.82, 2.24) is 9.88 Å². The number of carbonyl (C=O) groups is 3. The van der Waals surface area contributed by atoms with Crippen LogP contribution in [0.5, 0.6) is 5.75 Å². The van der Waals surface area contributed by atoms with E-state index in [1.807, 2.05) is 97.9 Å². The summed E-state index contributed by atoms with van der Waals surface area (Å²) in [6.07, 6.45) is 2.55. The number of hydrogen-bond donors (Lipinski definition) is 2. The number of oxazole rings is 1. The molecule has 5 aromatic rings. The predicted molar refractivity (Wildman–Crippen MR) is 189 cm³/mol. The summed E-state index contributed by atoms with van der Waals surface area (Å²) in [4.78, 5) is 55.8. The molecule has 2 N–H and O–H groups in total. The van der Waals surface area contributed by atoms with Crippen LogP contribution in [0.3, 0.4) is 0 Å². The molecule has 0 aliphatic carbocycles. The minimum absolute atomic E-state index is 0.0321. The third kappa shape index (κ3) is 8.11. The number of aliphatic hydroxyl groups is 1. The third-order valence-electron chi connectivity index (χ3n) is 8.75. The molecule has 11 heteroatoms. The molecule has 0 radical (unpaired) electrons. The lowest BCUT2D eigenvalue weighted by molar-refractivity contribution is -0.194. The highest BCUT2D eigenvalue weighted by molar-refractivity contribution is 6.03. The Morgan fingerprint density at radius 3 is 2.47 bits per heavy atom. The number of ether oxygens (including phenoxy) is 1. The number of esters is 1. The van der Waals surface area contributed by atoms with E-state index < -0.39 is 53.7 Å². The number of aliphatic carboxylic acids is 1. The van der Waals surface area contributed by atoms with Gasteiger partial charge < -0.3 is 29.2 Å². The molecule has 1 aromatic heterocycles. The van der Waals surface area contributed by atoms with Crippen LogP contribution in [0.2, 0.25) is 0 Å². The van der Waals surface area contributed by atoms with Crippen LogP contribution in [0.4, 0.5) is 0 Å². The van der Waals surface area contributed by atoms with Gasteiger partial charge in [-0.05, 0) is 79.4 Å². The van der Waals surface area contributed by atoms with Crippen LogP contribution in [-0.2, 0) is 37.2 Å². The number of aromatic nitrogens is 1. The molecule has 0 saturated carbocycles. The number of carboxylic acid groups (broad SMARTS) is 1. The zero-order chi connectivity index (χ0) is 36.1. The van der Waals surface area contributed by atoms with Crippen molar-refractivity contribution in [3.8, 4) is 5.75 Å². The number of amides is 1. The number of rotatable bonds is 13. The molecule has 1 aliphatic heterocycles. The van der Waals surface area contributed by atoms with Gasteiger partial charge in [0.1, 0.15) is 12.1 Å². The van der Waals surface area contributed by atoms with Crippen molar-refractivity contribution in [2.45, 2.75) is 64.8 Å². The molecule has 2 atom stereocenters. The van der Waals surface area contributed by atoms with Crippen LogP contribution < -0.4 is 4.89 Å². The predicted octanol–water partition coefficient (Wildman–Crippen LogP) is 7.65. The Labute approximate surface area is 294 Å². The van der Waals surface area contributed by atoms with E-state index >= 15 is 0 Å². The smallest absolute Gasteiger partial charge is 0.338 e. The highest BCUT2D eigenvalue weighted by Crippen LogP contribution is 2.36. The maximum Gasteiger partial charge on any atom is 0.338 e. The van der Waals surface area contributed by atoms with E-state index in [9.17, 15) is 24.6 Å². The number of carbonyl (C=O) groups excluding carboxylic acids is 2. The number of hydrogen-bond acceptors (Lipinski definition) is 9. The van der Waals surface area contributed by atoms with Crippen LogP contribution >= 0.6 is 0 Å². The maximum atomic E-state index is 14.4. The highest BCUT2D eigenvalue weighted by atomic mass is 17.2. The van der Waals surface area contributed by atoms with E-state index in [1.54, 1.807) is 19.9 Å². The Morgan fingerprint density at radius 2 is 1.71 bits per heavy atom. The van der Waals surface area contributed by atoms with Gasteiger partial charge in [0.2, 0.25) is 5.89 Å². The fraction of sp³-hybridized carbons (Fsp3) is 0.250. The van der Waals surface area contributed by atoms with Gasteiger partial charge in [-0.3, -0.25) is 9.59 Å². The topological polar surface area (TPSA) is 149 Å². The van der Waals surface area contributed by atoms with Crippen molar-refractivity contribution in [3.05, 3.63) is 125 Å². The van der Waals surface area contributed by atoms with Gasteiger partial charge in [0.15, 0.2) is 17.1 Å². The molecule has 51 heavy (non-hydrogen) atoms. The molecular weight excluding hydrogens is 652 g/mol. The number of allylic oxidation sites excluding steroid dienone is 1. The van der Waals surface area contributed by atoms with Crippen molar-refractivity contribution >= 4 is 45.8 Å². The first-order chi connectivity index (χ1) is 24.6. The van der Waals surface area contributed by atoms with Gasteiger partial charge in [0, 0.05) is 24.1 Å². The lowest BCUT2D eigenvalue weighted by atomic mass is 9.87. The van der Waals surface area contributed by atoms with E-state index in [0.29, 0.717) is 30.3 Å². The van der Waals surface area contributed by atoms with Gasteiger partial charge in [-0.2, -0.15) is 4.89 Å². The molecule has 6 rings (SSSR count). The molecule has 262 valence electrons. The fourth-order valence-electron chi connectivity index (χ4n) is 6.15. The minimum atomic E-state index is -1.40. The van der Waals surface area contributed by atoms with Crippen LogP contribution in [-0.4, -0.2) is 50.1 Å². The lowest BCUT2D eigenvalue weighted by Gasteiger charge is -2.35. The average Bonchev–Trinajstić information content (AvgIpc) is 3.76. The second-order valence-corrected chi connectivity index (χ2v) is 12.7.